The fraction of sp³-hybridized carbons (Fsp3) is 0.333. The number of alkyl halides is 1. The second-order valence-corrected chi connectivity index (χ2v) is 3.92. The molecule has 0 aliphatic heterocycles. The second-order valence-electron chi connectivity index (χ2n) is 3.54. The predicted octanol–water partition coefficient (Wildman–Crippen LogP) is 1.67. The van der Waals surface area contributed by atoms with E-state index in [-0.39, 0.29) is 11.5 Å². The van der Waals surface area contributed by atoms with Gasteiger partial charge in [0.05, 0.1) is 5.56 Å². The van der Waals surface area contributed by atoms with Crippen molar-refractivity contribution in [1.29, 1.82) is 0 Å². The molecule has 92 valence electrons. The number of nitrogens with one attached hydrogen (secondary N) is 1. The topological polar surface area (TPSA) is 66.4 Å². The fourth-order valence-electron chi connectivity index (χ4n) is 1.33. The minimum atomic E-state index is -0.938. The molecule has 0 aliphatic carbocycles. The number of hydrogen-bond acceptors (Lipinski definition) is 2. The first-order chi connectivity index (χ1) is 8.13. The molecule has 0 saturated heterocycles. The van der Waals surface area contributed by atoms with Gasteiger partial charge in [0.2, 0.25) is 5.91 Å². The van der Waals surface area contributed by atoms with Crippen LogP contribution in [0.3, 0.4) is 0 Å². The van der Waals surface area contributed by atoms with Crippen LogP contribution in [0.2, 0.25) is 0 Å². The average molecular weight is 256 g/mol. The molecule has 0 unspecified atom stereocenters. The lowest BCUT2D eigenvalue weighted by atomic mass is 10.1. The molecule has 0 aliphatic rings. The molecule has 1 amide bonds. The predicted molar refractivity (Wildman–Crippen MR) is 65.5 cm³/mol. The fourth-order valence-corrected chi connectivity index (χ4v) is 1.51. The molecule has 4 nitrogen and oxygen atoms in total. The molecule has 1 aromatic carbocycles. The highest BCUT2D eigenvalue weighted by molar-refractivity contribution is 6.18. The highest BCUT2D eigenvalue weighted by Gasteiger charge is 2.02. The van der Waals surface area contributed by atoms with Crippen LogP contribution >= 0.6 is 11.6 Å². The summed E-state index contributed by atoms with van der Waals surface area (Å²) in [6.07, 6.45) is 0.993. The van der Waals surface area contributed by atoms with E-state index in [1.54, 1.807) is 24.3 Å². The van der Waals surface area contributed by atoms with E-state index in [0.29, 0.717) is 25.3 Å². The largest absolute Gasteiger partial charge is 0.478 e. The van der Waals surface area contributed by atoms with Crippen LogP contribution in [0.5, 0.6) is 0 Å². The van der Waals surface area contributed by atoms with E-state index in [4.69, 9.17) is 16.7 Å². The van der Waals surface area contributed by atoms with Gasteiger partial charge in [0.25, 0.3) is 0 Å². The number of benzene rings is 1. The maximum absolute atomic E-state index is 11.1. The van der Waals surface area contributed by atoms with E-state index >= 15 is 0 Å². The summed E-state index contributed by atoms with van der Waals surface area (Å²) in [5.41, 5.74) is 1.25. The summed E-state index contributed by atoms with van der Waals surface area (Å²) < 4.78 is 0. The van der Waals surface area contributed by atoms with Gasteiger partial charge in [-0.15, -0.1) is 11.6 Å². The van der Waals surface area contributed by atoms with Crippen LogP contribution in [0.15, 0.2) is 24.3 Å². The Morgan fingerprint density at radius 3 is 2.41 bits per heavy atom. The smallest absolute Gasteiger partial charge is 0.335 e. The molecular formula is C12H14ClNO3. The number of halogens is 1. The van der Waals surface area contributed by atoms with Gasteiger partial charge < -0.3 is 10.4 Å². The molecule has 0 heterocycles. The standard InChI is InChI=1S/C12H14ClNO3/c13-7-5-11(15)14-8-6-9-1-3-10(4-2-9)12(16)17/h1-4H,5-8H2,(H,14,15)(H,16,17). The number of carbonyl (C=O) groups is 2. The molecular weight excluding hydrogens is 242 g/mol. The van der Waals surface area contributed by atoms with Gasteiger partial charge in [0, 0.05) is 18.8 Å². The number of carboxylic acid groups (broad SMARTS) is 1. The van der Waals surface area contributed by atoms with E-state index in [2.05, 4.69) is 5.32 Å². The van der Waals surface area contributed by atoms with E-state index in [1.165, 1.54) is 0 Å². The molecule has 0 fully saturated rings. The maximum atomic E-state index is 11.1. The number of hydrogen-bond donors (Lipinski definition) is 2. The van der Waals surface area contributed by atoms with Gasteiger partial charge in [-0.25, -0.2) is 4.79 Å². The summed E-state index contributed by atoms with van der Waals surface area (Å²) in [6.45, 7) is 0.530. The lowest BCUT2D eigenvalue weighted by Gasteiger charge is -2.04. The van der Waals surface area contributed by atoms with Crippen molar-refractivity contribution in [3.63, 3.8) is 0 Å². The Labute approximate surface area is 105 Å². The molecule has 0 aromatic heterocycles. The van der Waals surface area contributed by atoms with Crippen molar-refractivity contribution in [3.8, 4) is 0 Å². The van der Waals surface area contributed by atoms with E-state index in [1.807, 2.05) is 0 Å². The van der Waals surface area contributed by atoms with E-state index in [9.17, 15) is 9.59 Å². The third-order valence-corrected chi connectivity index (χ3v) is 2.45. The number of amides is 1. The molecule has 5 heteroatoms. The van der Waals surface area contributed by atoms with Gasteiger partial charge in [-0.3, -0.25) is 4.79 Å². The lowest BCUT2D eigenvalue weighted by Crippen LogP contribution is -2.25. The van der Waals surface area contributed by atoms with Crippen LogP contribution in [-0.4, -0.2) is 29.4 Å². The van der Waals surface area contributed by atoms with E-state index < -0.39 is 5.97 Å². The summed E-state index contributed by atoms with van der Waals surface area (Å²) in [4.78, 5) is 21.7. The second kappa shape index (κ2) is 6.91. The van der Waals surface area contributed by atoms with Crippen LogP contribution in [0.4, 0.5) is 0 Å². The van der Waals surface area contributed by atoms with Crippen LogP contribution in [-0.2, 0) is 11.2 Å². The van der Waals surface area contributed by atoms with Gasteiger partial charge >= 0.3 is 5.97 Å². The summed E-state index contributed by atoms with van der Waals surface area (Å²) in [6, 6.07) is 6.60. The quantitative estimate of drug-likeness (QED) is 0.760. The summed E-state index contributed by atoms with van der Waals surface area (Å²) >= 11 is 5.42. The third-order valence-electron chi connectivity index (χ3n) is 2.26. The van der Waals surface area contributed by atoms with Crippen molar-refractivity contribution in [1.82, 2.24) is 5.32 Å². The van der Waals surface area contributed by atoms with Crippen LogP contribution < -0.4 is 5.32 Å². The van der Waals surface area contributed by atoms with Crippen LogP contribution in [0, 0.1) is 0 Å². The van der Waals surface area contributed by atoms with Gasteiger partial charge in [0.1, 0.15) is 0 Å². The molecule has 0 atom stereocenters. The normalized spacial score (nSPS) is 9.94. The van der Waals surface area contributed by atoms with Crippen LogP contribution in [0.25, 0.3) is 0 Å². The number of rotatable bonds is 6. The zero-order valence-electron chi connectivity index (χ0n) is 9.28. The number of carboxylic acids is 1. The molecule has 0 spiro atoms. The Hall–Kier alpha value is -1.55. The Kier molecular flexibility index (Phi) is 5.49. The molecule has 0 saturated carbocycles. The Balaban J connectivity index is 2.37. The summed E-state index contributed by atoms with van der Waals surface area (Å²) in [5.74, 6) is -0.687. The van der Waals surface area contributed by atoms with E-state index in [0.717, 1.165) is 5.56 Å². The van der Waals surface area contributed by atoms with Gasteiger partial charge in [-0.05, 0) is 24.1 Å². The van der Waals surface area contributed by atoms with Crippen molar-refractivity contribution >= 4 is 23.5 Å². The van der Waals surface area contributed by atoms with Crippen molar-refractivity contribution in [2.75, 3.05) is 12.4 Å². The number of carbonyl (C=O) groups excluding carboxylic acids is 1. The molecule has 0 radical (unpaired) electrons. The molecule has 17 heavy (non-hydrogen) atoms. The molecule has 1 rings (SSSR count). The molecule has 2 N–H and O–H groups in total. The zero-order valence-corrected chi connectivity index (χ0v) is 10.0. The van der Waals surface area contributed by atoms with Crippen molar-refractivity contribution < 1.29 is 14.7 Å². The van der Waals surface area contributed by atoms with Crippen molar-refractivity contribution in [2.45, 2.75) is 12.8 Å². The minimum absolute atomic E-state index is 0.0674. The summed E-state index contributed by atoms with van der Waals surface area (Å²) in [5, 5.41) is 11.4. The van der Waals surface area contributed by atoms with Crippen molar-refractivity contribution in [2.24, 2.45) is 0 Å². The van der Waals surface area contributed by atoms with Gasteiger partial charge in [-0.2, -0.15) is 0 Å². The van der Waals surface area contributed by atoms with Gasteiger partial charge in [-0.1, -0.05) is 12.1 Å². The van der Waals surface area contributed by atoms with Crippen molar-refractivity contribution in [3.05, 3.63) is 35.4 Å². The Morgan fingerprint density at radius 1 is 1.24 bits per heavy atom. The first-order valence-corrected chi connectivity index (χ1v) is 5.82. The number of aromatic carboxylic acids is 1. The lowest BCUT2D eigenvalue weighted by molar-refractivity contribution is -0.120. The maximum Gasteiger partial charge on any atom is 0.335 e. The van der Waals surface area contributed by atoms with Crippen LogP contribution in [0.1, 0.15) is 22.3 Å². The highest BCUT2D eigenvalue weighted by atomic mass is 35.5. The monoisotopic (exact) mass is 255 g/mol. The first-order valence-electron chi connectivity index (χ1n) is 5.28. The minimum Gasteiger partial charge on any atom is -0.478 e. The Morgan fingerprint density at radius 2 is 1.88 bits per heavy atom. The average Bonchev–Trinajstić information content (AvgIpc) is 2.30. The molecule has 1 aromatic rings. The highest BCUT2D eigenvalue weighted by Crippen LogP contribution is 2.04. The first kappa shape index (κ1) is 13.5. The summed E-state index contributed by atoms with van der Waals surface area (Å²) in [7, 11) is 0. The Bertz CT molecular complexity index is 389. The molecule has 0 bridgehead atoms. The third kappa shape index (κ3) is 4.87. The zero-order chi connectivity index (χ0) is 12.7. The SMILES string of the molecule is O=C(CCCl)NCCc1ccc(C(=O)O)cc1. The van der Waals surface area contributed by atoms with Gasteiger partial charge in [0.15, 0.2) is 0 Å².